The summed E-state index contributed by atoms with van der Waals surface area (Å²) in [4.78, 5) is 2.42. The maximum absolute atomic E-state index is 4.02. The van der Waals surface area contributed by atoms with E-state index in [4.69, 9.17) is 0 Å². The van der Waals surface area contributed by atoms with Gasteiger partial charge in [0.2, 0.25) is 0 Å². The van der Waals surface area contributed by atoms with E-state index in [1.54, 1.807) is 0 Å². The first kappa shape index (κ1) is 7.66. The summed E-state index contributed by atoms with van der Waals surface area (Å²) in [6.07, 6.45) is 2.66. The van der Waals surface area contributed by atoms with Crippen LogP contribution in [0.5, 0.6) is 0 Å². The van der Waals surface area contributed by atoms with E-state index in [1.807, 2.05) is 6.07 Å². The summed E-state index contributed by atoms with van der Waals surface area (Å²) >= 11 is 0. The second-order valence-corrected chi connectivity index (χ2v) is 3.32. The first-order chi connectivity index (χ1) is 5.88. The van der Waals surface area contributed by atoms with Crippen molar-refractivity contribution in [2.24, 2.45) is 0 Å². The van der Waals surface area contributed by atoms with Crippen molar-refractivity contribution in [1.82, 2.24) is 0 Å². The van der Waals surface area contributed by atoms with E-state index in [0.717, 1.165) is 5.56 Å². The molecule has 1 aliphatic heterocycles. The van der Waals surface area contributed by atoms with E-state index in [-0.39, 0.29) is 0 Å². The molecule has 1 saturated heterocycles. The van der Waals surface area contributed by atoms with Crippen molar-refractivity contribution in [3.8, 4) is 0 Å². The maximum Gasteiger partial charge on any atom is 0.0398 e. The third-order valence-electron chi connectivity index (χ3n) is 2.44. The Morgan fingerprint density at radius 3 is 2.42 bits per heavy atom. The third-order valence-corrected chi connectivity index (χ3v) is 2.44. The van der Waals surface area contributed by atoms with E-state index in [0.29, 0.717) is 0 Å². The van der Waals surface area contributed by atoms with E-state index >= 15 is 0 Å². The normalized spacial score (nSPS) is 16.9. The molecule has 0 amide bonds. The van der Waals surface area contributed by atoms with Gasteiger partial charge in [-0.2, -0.15) is 0 Å². The molecule has 1 fully saturated rings. The van der Waals surface area contributed by atoms with Crippen LogP contribution in [0, 0.1) is 6.92 Å². The van der Waals surface area contributed by atoms with Gasteiger partial charge in [0.1, 0.15) is 0 Å². The number of rotatable bonds is 1. The Morgan fingerprint density at radius 1 is 1.08 bits per heavy atom. The van der Waals surface area contributed by atoms with Crippen LogP contribution in [0.25, 0.3) is 0 Å². The molecule has 1 aromatic rings. The number of benzene rings is 1. The lowest BCUT2D eigenvalue weighted by Gasteiger charge is -2.19. The van der Waals surface area contributed by atoms with Crippen LogP contribution >= 0.6 is 0 Å². The van der Waals surface area contributed by atoms with Crippen molar-refractivity contribution in [3.05, 3.63) is 36.8 Å². The molecular formula is C11H14N. The average Bonchev–Trinajstić information content (AvgIpc) is 2.57. The molecule has 1 heterocycles. The Morgan fingerprint density at radius 2 is 1.75 bits per heavy atom. The summed E-state index contributed by atoms with van der Waals surface area (Å²) < 4.78 is 0. The Labute approximate surface area is 74.0 Å². The van der Waals surface area contributed by atoms with Gasteiger partial charge in [0.15, 0.2) is 0 Å². The quantitative estimate of drug-likeness (QED) is 0.610. The van der Waals surface area contributed by atoms with Gasteiger partial charge in [-0.05, 0) is 31.4 Å². The fourth-order valence-electron chi connectivity index (χ4n) is 1.78. The van der Waals surface area contributed by atoms with Gasteiger partial charge in [0.25, 0.3) is 0 Å². The zero-order chi connectivity index (χ0) is 8.39. The van der Waals surface area contributed by atoms with Crippen molar-refractivity contribution >= 4 is 5.69 Å². The highest BCUT2D eigenvalue weighted by atomic mass is 15.1. The molecule has 1 radical (unpaired) electrons. The number of para-hydroxylation sites is 1. The maximum atomic E-state index is 4.02. The second-order valence-electron chi connectivity index (χ2n) is 3.32. The van der Waals surface area contributed by atoms with Crippen LogP contribution in [-0.2, 0) is 0 Å². The number of hydrogen-bond acceptors (Lipinski definition) is 1. The van der Waals surface area contributed by atoms with Gasteiger partial charge in [-0.1, -0.05) is 18.2 Å². The molecular weight excluding hydrogens is 146 g/mol. The average molecular weight is 160 g/mol. The minimum Gasteiger partial charge on any atom is -0.371 e. The minimum atomic E-state index is 1.15. The molecule has 0 spiro atoms. The molecule has 2 rings (SSSR count). The van der Waals surface area contributed by atoms with Gasteiger partial charge in [-0.25, -0.2) is 0 Å². The predicted octanol–water partition coefficient (Wildman–Crippen LogP) is 2.47. The standard InChI is InChI=1S/C11H14N/c1-10-6-2-3-7-11(10)12-8-4-5-9-12/h2-3,6-7H,1,4-5,8-9H2. The van der Waals surface area contributed by atoms with Crippen molar-refractivity contribution in [2.75, 3.05) is 18.0 Å². The largest absolute Gasteiger partial charge is 0.371 e. The zero-order valence-electron chi connectivity index (χ0n) is 7.29. The molecule has 0 atom stereocenters. The summed E-state index contributed by atoms with van der Waals surface area (Å²) in [5.74, 6) is 0. The van der Waals surface area contributed by atoms with Crippen LogP contribution in [-0.4, -0.2) is 13.1 Å². The number of anilines is 1. The predicted molar refractivity (Wildman–Crippen MR) is 52.3 cm³/mol. The van der Waals surface area contributed by atoms with Gasteiger partial charge >= 0.3 is 0 Å². The lowest BCUT2D eigenvalue weighted by molar-refractivity contribution is 0.949. The van der Waals surface area contributed by atoms with Crippen molar-refractivity contribution in [1.29, 1.82) is 0 Å². The molecule has 0 bridgehead atoms. The first-order valence-electron chi connectivity index (χ1n) is 4.54. The highest BCUT2D eigenvalue weighted by molar-refractivity contribution is 5.55. The van der Waals surface area contributed by atoms with Gasteiger partial charge < -0.3 is 4.90 Å². The van der Waals surface area contributed by atoms with Gasteiger partial charge in [-0.3, -0.25) is 0 Å². The summed E-state index contributed by atoms with van der Waals surface area (Å²) in [6, 6.07) is 8.37. The van der Waals surface area contributed by atoms with E-state index in [1.165, 1.54) is 31.6 Å². The molecule has 1 nitrogen and oxygen atoms in total. The van der Waals surface area contributed by atoms with Crippen LogP contribution in [0.4, 0.5) is 5.69 Å². The van der Waals surface area contributed by atoms with Gasteiger partial charge in [0.05, 0.1) is 0 Å². The zero-order valence-corrected chi connectivity index (χ0v) is 7.29. The molecule has 1 aromatic carbocycles. The minimum absolute atomic E-state index is 1.15. The molecule has 1 heteroatoms. The Kier molecular flexibility index (Phi) is 2.03. The first-order valence-corrected chi connectivity index (χ1v) is 4.54. The van der Waals surface area contributed by atoms with Gasteiger partial charge in [-0.15, -0.1) is 0 Å². The molecule has 0 aliphatic carbocycles. The third kappa shape index (κ3) is 1.31. The summed E-state index contributed by atoms with van der Waals surface area (Å²) in [7, 11) is 0. The van der Waals surface area contributed by atoms with Crippen LogP contribution in [0.3, 0.4) is 0 Å². The molecule has 63 valence electrons. The van der Waals surface area contributed by atoms with Crippen molar-refractivity contribution in [2.45, 2.75) is 12.8 Å². The molecule has 0 saturated carbocycles. The fraction of sp³-hybridized carbons (Fsp3) is 0.364. The highest BCUT2D eigenvalue weighted by Crippen LogP contribution is 2.23. The Hall–Kier alpha value is -0.980. The van der Waals surface area contributed by atoms with E-state index in [9.17, 15) is 0 Å². The molecule has 0 unspecified atom stereocenters. The Balaban J connectivity index is 2.26. The van der Waals surface area contributed by atoms with Crippen LogP contribution in [0.15, 0.2) is 24.3 Å². The molecule has 0 N–H and O–H groups in total. The van der Waals surface area contributed by atoms with Gasteiger partial charge in [0, 0.05) is 18.8 Å². The number of hydrogen-bond donors (Lipinski definition) is 0. The molecule has 0 aromatic heterocycles. The summed E-state index contributed by atoms with van der Waals surface area (Å²) in [5.41, 5.74) is 2.47. The smallest absolute Gasteiger partial charge is 0.0398 e. The lowest BCUT2D eigenvalue weighted by Crippen LogP contribution is -2.18. The summed E-state index contributed by atoms with van der Waals surface area (Å²) in [6.45, 7) is 6.43. The highest BCUT2D eigenvalue weighted by Gasteiger charge is 2.12. The summed E-state index contributed by atoms with van der Waals surface area (Å²) in [5, 5.41) is 0. The fourth-order valence-corrected chi connectivity index (χ4v) is 1.78. The number of nitrogens with zero attached hydrogens (tertiary/aromatic N) is 1. The van der Waals surface area contributed by atoms with Crippen molar-refractivity contribution < 1.29 is 0 Å². The lowest BCUT2D eigenvalue weighted by atomic mass is 10.2. The van der Waals surface area contributed by atoms with Crippen LogP contribution < -0.4 is 4.90 Å². The monoisotopic (exact) mass is 160 g/mol. The molecule has 12 heavy (non-hydrogen) atoms. The SMILES string of the molecule is [CH2]c1ccccc1N1CCCC1. The Bertz CT molecular complexity index is 261. The topological polar surface area (TPSA) is 3.24 Å². The van der Waals surface area contributed by atoms with Crippen LogP contribution in [0.1, 0.15) is 18.4 Å². The second kappa shape index (κ2) is 3.18. The van der Waals surface area contributed by atoms with E-state index < -0.39 is 0 Å². The van der Waals surface area contributed by atoms with Crippen molar-refractivity contribution in [3.63, 3.8) is 0 Å². The van der Waals surface area contributed by atoms with E-state index in [2.05, 4.69) is 30.0 Å². The van der Waals surface area contributed by atoms with Crippen LogP contribution in [0.2, 0.25) is 0 Å². The molecule has 1 aliphatic rings.